The molecule has 2 aliphatic rings. The van der Waals surface area contributed by atoms with Crippen molar-refractivity contribution in [3.63, 3.8) is 0 Å². The second-order valence-corrected chi connectivity index (χ2v) is 11.1. The van der Waals surface area contributed by atoms with Crippen molar-refractivity contribution in [2.24, 2.45) is 0 Å². The molecular formula is C26H35N3O4S. The average molecular weight is 486 g/mol. The lowest BCUT2D eigenvalue weighted by Crippen LogP contribution is -2.42. The van der Waals surface area contributed by atoms with Crippen molar-refractivity contribution in [1.82, 2.24) is 14.1 Å². The summed E-state index contributed by atoms with van der Waals surface area (Å²) >= 11 is 0. The maximum Gasteiger partial charge on any atom is 0.253 e. The SMILES string of the molecule is COc1ccc(CN2CCCN(C(=O)c3cccc(S(=O)(=O)N4CCCCC4C)c3)CC2)cc1. The van der Waals surface area contributed by atoms with Crippen LogP contribution in [-0.2, 0) is 16.6 Å². The van der Waals surface area contributed by atoms with Gasteiger partial charge in [0.15, 0.2) is 0 Å². The van der Waals surface area contributed by atoms with Gasteiger partial charge in [0.25, 0.3) is 5.91 Å². The van der Waals surface area contributed by atoms with Crippen molar-refractivity contribution < 1.29 is 17.9 Å². The van der Waals surface area contributed by atoms with Crippen LogP contribution in [0.2, 0.25) is 0 Å². The maximum absolute atomic E-state index is 13.3. The third-order valence-corrected chi connectivity index (χ3v) is 8.88. The van der Waals surface area contributed by atoms with Crippen LogP contribution in [0.1, 0.15) is 48.5 Å². The van der Waals surface area contributed by atoms with Crippen molar-refractivity contribution in [3.8, 4) is 5.75 Å². The molecule has 2 aromatic rings. The molecule has 2 heterocycles. The van der Waals surface area contributed by atoms with Crippen molar-refractivity contribution in [1.29, 1.82) is 0 Å². The summed E-state index contributed by atoms with van der Waals surface area (Å²) in [4.78, 5) is 17.7. The molecule has 0 N–H and O–H groups in total. The molecule has 184 valence electrons. The van der Waals surface area contributed by atoms with Gasteiger partial charge < -0.3 is 9.64 Å². The van der Waals surface area contributed by atoms with Crippen LogP contribution >= 0.6 is 0 Å². The van der Waals surface area contributed by atoms with Gasteiger partial charge in [0, 0.05) is 50.9 Å². The van der Waals surface area contributed by atoms with Crippen LogP contribution in [0.5, 0.6) is 5.75 Å². The van der Waals surface area contributed by atoms with Gasteiger partial charge in [0.05, 0.1) is 12.0 Å². The minimum Gasteiger partial charge on any atom is -0.497 e. The fourth-order valence-corrected chi connectivity index (χ4v) is 6.60. The van der Waals surface area contributed by atoms with E-state index in [1.165, 1.54) is 5.56 Å². The fraction of sp³-hybridized carbons (Fsp3) is 0.500. The van der Waals surface area contributed by atoms with Gasteiger partial charge in [-0.25, -0.2) is 8.42 Å². The van der Waals surface area contributed by atoms with E-state index in [1.807, 2.05) is 24.0 Å². The first kappa shape index (κ1) is 24.7. The molecule has 0 spiro atoms. The minimum atomic E-state index is -3.61. The molecule has 34 heavy (non-hydrogen) atoms. The van der Waals surface area contributed by atoms with Gasteiger partial charge >= 0.3 is 0 Å². The van der Waals surface area contributed by atoms with Gasteiger partial charge in [0.2, 0.25) is 10.0 Å². The maximum atomic E-state index is 13.3. The van der Waals surface area contributed by atoms with Gasteiger partial charge in [-0.1, -0.05) is 24.6 Å². The highest BCUT2D eigenvalue weighted by molar-refractivity contribution is 7.89. The van der Waals surface area contributed by atoms with Crippen molar-refractivity contribution in [2.75, 3.05) is 39.8 Å². The van der Waals surface area contributed by atoms with E-state index in [0.717, 1.165) is 51.1 Å². The van der Waals surface area contributed by atoms with Crippen LogP contribution in [0.4, 0.5) is 0 Å². The number of nitrogens with zero attached hydrogens (tertiary/aromatic N) is 3. The number of amides is 1. The van der Waals surface area contributed by atoms with Crippen LogP contribution in [0.3, 0.4) is 0 Å². The zero-order valence-corrected chi connectivity index (χ0v) is 21.0. The Bertz CT molecular complexity index is 1090. The molecule has 2 saturated heterocycles. The van der Waals surface area contributed by atoms with Gasteiger partial charge in [-0.3, -0.25) is 9.69 Å². The number of carbonyl (C=O) groups is 1. The first-order valence-electron chi connectivity index (χ1n) is 12.1. The molecule has 0 aliphatic carbocycles. The first-order valence-corrected chi connectivity index (χ1v) is 13.6. The molecule has 0 radical (unpaired) electrons. The van der Waals surface area contributed by atoms with Crippen LogP contribution in [0, 0.1) is 0 Å². The molecular weight excluding hydrogens is 450 g/mol. The molecule has 1 atom stereocenters. The number of benzene rings is 2. The summed E-state index contributed by atoms with van der Waals surface area (Å²) in [7, 11) is -1.95. The lowest BCUT2D eigenvalue weighted by Gasteiger charge is -2.32. The van der Waals surface area contributed by atoms with E-state index >= 15 is 0 Å². The lowest BCUT2D eigenvalue weighted by molar-refractivity contribution is 0.0761. The van der Waals surface area contributed by atoms with E-state index < -0.39 is 10.0 Å². The van der Waals surface area contributed by atoms with Crippen LogP contribution < -0.4 is 4.74 Å². The number of methoxy groups -OCH3 is 1. The minimum absolute atomic E-state index is 0.0135. The Morgan fingerprint density at radius 3 is 2.50 bits per heavy atom. The van der Waals surface area contributed by atoms with E-state index in [-0.39, 0.29) is 16.8 Å². The Hall–Kier alpha value is -2.42. The van der Waals surface area contributed by atoms with E-state index in [2.05, 4.69) is 17.0 Å². The summed E-state index contributed by atoms with van der Waals surface area (Å²) in [6, 6.07) is 14.6. The number of piperidine rings is 1. The Morgan fingerprint density at radius 1 is 0.971 bits per heavy atom. The van der Waals surface area contributed by atoms with Crippen LogP contribution in [0.25, 0.3) is 0 Å². The van der Waals surface area contributed by atoms with E-state index in [0.29, 0.717) is 25.2 Å². The monoisotopic (exact) mass is 485 g/mol. The summed E-state index contributed by atoms with van der Waals surface area (Å²) in [5, 5.41) is 0. The third-order valence-electron chi connectivity index (χ3n) is 6.87. The highest BCUT2D eigenvalue weighted by atomic mass is 32.2. The van der Waals surface area contributed by atoms with E-state index in [4.69, 9.17) is 4.74 Å². The lowest BCUT2D eigenvalue weighted by atomic mass is 10.1. The van der Waals surface area contributed by atoms with Crippen molar-refractivity contribution in [2.45, 2.75) is 50.1 Å². The van der Waals surface area contributed by atoms with E-state index in [9.17, 15) is 13.2 Å². The van der Waals surface area contributed by atoms with Gasteiger partial charge in [-0.05, 0) is 62.1 Å². The third kappa shape index (κ3) is 5.62. The Kier molecular flexibility index (Phi) is 7.91. The van der Waals surface area contributed by atoms with Gasteiger partial charge in [-0.15, -0.1) is 0 Å². The summed E-state index contributed by atoms with van der Waals surface area (Å²) in [6.45, 7) is 6.30. The molecule has 2 aliphatic heterocycles. The molecule has 0 bridgehead atoms. The zero-order chi connectivity index (χ0) is 24.1. The largest absolute Gasteiger partial charge is 0.497 e. The first-order chi connectivity index (χ1) is 16.4. The Labute approximate surface area is 203 Å². The number of hydrogen-bond donors (Lipinski definition) is 0. The highest BCUT2D eigenvalue weighted by Gasteiger charge is 2.31. The predicted octanol–water partition coefficient (Wildman–Crippen LogP) is 3.61. The van der Waals surface area contributed by atoms with Gasteiger partial charge in [0.1, 0.15) is 5.75 Å². The summed E-state index contributed by atoms with van der Waals surface area (Å²) in [5.41, 5.74) is 1.65. The molecule has 7 nitrogen and oxygen atoms in total. The molecule has 0 saturated carbocycles. The topological polar surface area (TPSA) is 70.2 Å². The second kappa shape index (κ2) is 10.9. The fourth-order valence-electron chi connectivity index (χ4n) is 4.86. The average Bonchev–Trinajstić information content (AvgIpc) is 3.10. The molecule has 2 fully saturated rings. The molecule has 4 rings (SSSR count). The molecule has 1 unspecified atom stereocenters. The smallest absolute Gasteiger partial charge is 0.253 e. The molecule has 8 heteroatoms. The van der Waals surface area contributed by atoms with Crippen molar-refractivity contribution in [3.05, 3.63) is 59.7 Å². The van der Waals surface area contributed by atoms with E-state index in [1.54, 1.807) is 35.7 Å². The van der Waals surface area contributed by atoms with Crippen LogP contribution in [0.15, 0.2) is 53.4 Å². The normalized spacial score (nSPS) is 20.6. The zero-order valence-electron chi connectivity index (χ0n) is 20.2. The number of carbonyl (C=O) groups excluding carboxylic acids is 1. The molecule has 0 aromatic heterocycles. The quantitative estimate of drug-likeness (QED) is 0.625. The predicted molar refractivity (Wildman–Crippen MR) is 132 cm³/mol. The standard InChI is InChI=1S/C26H35N3O4S/c1-21-7-3-4-16-29(21)34(31,32)25-9-5-8-23(19-25)26(30)28-15-6-14-27(17-18-28)20-22-10-12-24(33-2)13-11-22/h5,8-13,19,21H,3-4,6-7,14-18,20H2,1-2H3. The van der Waals surface area contributed by atoms with Crippen LogP contribution in [-0.4, -0.2) is 74.3 Å². The number of ether oxygens (including phenoxy) is 1. The Balaban J connectivity index is 1.42. The Morgan fingerprint density at radius 2 is 1.76 bits per heavy atom. The number of hydrogen-bond acceptors (Lipinski definition) is 5. The molecule has 1 amide bonds. The van der Waals surface area contributed by atoms with Crippen molar-refractivity contribution >= 4 is 15.9 Å². The molecule has 2 aromatic carbocycles. The highest BCUT2D eigenvalue weighted by Crippen LogP contribution is 2.26. The van der Waals surface area contributed by atoms with Gasteiger partial charge in [-0.2, -0.15) is 4.31 Å². The second-order valence-electron chi connectivity index (χ2n) is 9.26. The summed E-state index contributed by atoms with van der Waals surface area (Å²) < 4.78 is 33.3. The summed E-state index contributed by atoms with van der Waals surface area (Å²) in [5.74, 6) is 0.741. The number of sulfonamides is 1. The summed E-state index contributed by atoms with van der Waals surface area (Å²) in [6.07, 6.45) is 3.68. The number of rotatable bonds is 6.